The monoisotopic (exact) mass is 252 g/mol. The average molecular weight is 252 g/mol. The highest BCUT2D eigenvalue weighted by Gasteiger charge is 2.17. The van der Waals surface area contributed by atoms with E-state index in [2.05, 4.69) is 0 Å². The number of hydrogen-bond acceptors (Lipinski definition) is 3. The molecule has 0 aliphatic carbocycles. The SMILES string of the molecule is COc1ccc(C(O)c2cscc2C)c(F)c1. The number of aliphatic hydroxyl groups excluding tert-OH is 1. The van der Waals surface area contributed by atoms with Crippen LogP contribution < -0.4 is 4.74 Å². The Morgan fingerprint density at radius 2 is 2.06 bits per heavy atom. The summed E-state index contributed by atoms with van der Waals surface area (Å²) < 4.78 is 18.7. The molecular weight excluding hydrogens is 239 g/mol. The van der Waals surface area contributed by atoms with Gasteiger partial charge >= 0.3 is 0 Å². The molecule has 17 heavy (non-hydrogen) atoms. The topological polar surface area (TPSA) is 29.5 Å². The zero-order chi connectivity index (χ0) is 12.4. The first-order valence-corrected chi connectivity index (χ1v) is 6.12. The van der Waals surface area contributed by atoms with Crippen molar-refractivity contribution in [1.82, 2.24) is 0 Å². The Hall–Kier alpha value is -1.39. The number of aliphatic hydroxyl groups is 1. The number of ether oxygens (including phenoxy) is 1. The third-order valence-electron chi connectivity index (χ3n) is 2.69. The fraction of sp³-hybridized carbons (Fsp3) is 0.231. The molecule has 2 rings (SSSR count). The maximum atomic E-state index is 13.8. The summed E-state index contributed by atoms with van der Waals surface area (Å²) in [6.45, 7) is 1.90. The lowest BCUT2D eigenvalue weighted by atomic mass is 10.0. The van der Waals surface area contributed by atoms with Crippen molar-refractivity contribution in [2.45, 2.75) is 13.0 Å². The summed E-state index contributed by atoms with van der Waals surface area (Å²) in [5.41, 5.74) is 1.99. The van der Waals surface area contributed by atoms with Crippen molar-refractivity contribution in [3.8, 4) is 5.75 Å². The predicted octanol–water partition coefficient (Wildman–Crippen LogP) is 3.29. The minimum Gasteiger partial charge on any atom is -0.497 e. The number of rotatable bonds is 3. The van der Waals surface area contributed by atoms with Gasteiger partial charge in [-0.05, 0) is 40.9 Å². The number of halogens is 1. The van der Waals surface area contributed by atoms with E-state index in [1.807, 2.05) is 17.7 Å². The van der Waals surface area contributed by atoms with Crippen LogP contribution in [0.2, 0.25) is 0 Å². The zero-order valence-corrected chi connectivity index (χ0v) is 10.4. The van der Waals surface area contributed by atoms with Crippen molar-refractivity contribution in [2.75, 3.05) is 7.11 Å². The minimum absolute atomic E-state index is 0.271. The molecule has 0 fully saturated rings. The standard InChI is InChI=1S/C13H13FO2S/c1-8-6-17-7-11(8)13(15)10-4-3-9(16-2)5-12(10)14/h3-7,13,15H,1-2H3. The summed E-state index contributed by atoms with van der Waals surface area (Å²) in [6.07, 6.45) is -0.924. The molecule has 1 aromatic heterocycles. The van der Waals surface area contributed by atoms with Crippen LogP contribution in [0.25, 0.3) is 0 Å². The molecule has 1 N–H and O–H groups in total. The number of benzene rings is 1. The molecule has 0 amide bonds. The quantitative estimate of drug-likeness (QED) is 0.908. The van der Waals surface area contributed by atoms with E-state index >= 15 is 0 Å². The number of aryl methyl sites for hydroxylation is 1. The van der Waals surface area contributed by atoms with Crippen LogP contribution in [-0.2, 0) is 0 Å². The van der Waals surface area contributed by atoms with E-state index in [-0.39, 0.29) is 5.56 Å². The molecule has 0 aliphatic heterocycles. The molecule has 2 nitrogen and oxygen atoms in total. The second-order valence-electron chi connectivity index (χ2n) is 3.80. The Morgan fingerprint density at radius 3 is 2.59 bits per heavy atom. The van der Waals surface area contributed by atoms with Crippen molar-refractivity contribution >= 4 is 11.3 Å². The number of hydrogen-bond donors (Lipinski definition) is 1. The van der Waals surface area contributed by atoms with Gasteiger partial charge in [0.15, 0.2) is 0 Å². The summed E-state index contributed by atoms with van der Waals surface area (Å²) in [5, 5.41) is 13.9. The first-order chi connectivity index (χ1) is 8.13. The maximum Gasteiger partial charge on any atom is 0.133 e. The molecule has 0 saturated carbocycles. The van der Waals surface area contributed by atoms with Crippen molar-refractivity contribution in [3.05, 3.63) is 51.5 Å². The van der Waals surface area contributed by atoms with Gasteiger partial charge < -0.3 is 9.84 Å². The van der Waals surface area contributed by atoms with Crippen molar-refractivity contribution in [3.63, 3.8) is 0 Å². The van der Waals surface area contributed by atoms with Gasteiger partial charge in [0.2, 0.25) is 0 Å². The van der Waals surface area contributed by atoms with Gasteiger partial charge in [-0.1, -0.05) is 0 Å². The average Bonchev–Trinajstić information content (AvgIpc) is 2.74. The van der Waals surface area contributed by atoms with Crippen LogP contribution in [0.3, 0.4) is 0 Å². The second-order valence-corrected chi connectivity index (χ2v) is 4.54. The highest BCUT2D eigenvalue weighted by molar-refractivity contribution is 7.08. The van der Waals surface area contributed by atoms with E-state index in [9.17, 15) is 9.50 Å². The molecule has 0 bridgehead atoms. The third-order valence-corrected chi connectivity index (χ3v) is 3.57. The first kappa shape index (κ1) is 12.1. The Labute approximate surface area is 103 Å². The van der Waals surface area contributed by atoms with Gasteiger partial charge in [-0.25, -0.2) is 4.39 Å². The van der Waals surface area contributed by atoms with Crippen LogP contribution >= 0.6 is 11.3 Å². The normalized spacial score (nSPS) is 12.5. The predicted molar refractivity (Wildman–Crippen MR) is 66.1 cm³/mol. The Balaban J connectivity index is 2.38. The minimum atomic E-state index is -0.924. The van der Waals surface area contributed by atoms with Crippen molar-refractivity contribution in [1.29, 1.82) is 0 Å². The summed E-state index contributed by atoms with van der Waals surface area (Å²) in [5.74, 6) is -0.0112. The largest absolute Gasteiger partial charge is 0.497 e. The lowest BCUT2D eigenvalue weighted by Crippen LogP contribution is -2.03. The van der Waals surface area contributed by atoms with Crippen molar-refractivity contribution in [2.24, 2.45) is 0 Å². The van der Waals surface area contributed by atoms with Gasteiger partial charge in [0.25, 0.3) is 0 Å². The highest BCUT2D eigenvalue weighted by atomic mass is 32.1. The van der Waals surface area contributed by atoms with Crippen LogP contribution in [0.5, 0.6) is 5.75 Å². The molecular formula is C13H13FO2S. The first-order valence-electron chi connectivity index (χ1n) is 5.17. The van der Waals surface area contributed by atoms with E-state index in [1.165, 1.54) is 24.5 Å². The lowest BCUT2D eigenvalue weighted by Gasteiger charge is -2.12. The highest BCUT2D eigenvalue weighted by Crippen LogP contribution is 2.30. The molecule has 90 valence electrons. The fourth-order valence-corrected chi connectivity index (χ4v) is 2.54. The third kappa shape index (κ3) is 2.33. The fourth-order valence-electron chi connectivity index (χ4n) is 1.67. The van der Waals surface area contributed by atoms with Gasteiger partial charge in [-0.2, -0.15) is 11.3 Å². The molecule has 0 aliphatic rings. The van der Waals surface area contributed by atoms with Crippen LogP contribution in [0.4, 0.5) is 4.39 Å². The van der Waals surface area contributed by atoms with E-state index in [1.54, 1.807) is 12.1 Å². The molecule has 0 radical (unpaired) electrons. The summed E-state index contributed by atoms with van der Waals surface area (Å²) in [6, 6.07) is 4.47. The smallest absolute Gasteiger partial charge is 0.133 e. The van der Waals surface area contributed by atoms with E-state index in [4.69, 9.17) is 4.74 Å². The molecule has 4 heteroatoms. The van der Waals surface area contributed by atoms with Gasteiger partial charge in [0.05, 0.1) is 7.11 Å². The lowest BCUT2D eigenvalue weighted by molar-refractivity contribution is 0.214. The summed E-state index contributed by atoms with van der Waals surface area (Å²) in [4.78, 5) is 0. The molecule has 1 heterocycles. The van der Waals surface area contributed by atoms with Crippen LogP contribution in [0.15, 0.2) is 29.0 Å². The molecule has 1 unspecified atom stereocenters. The van der Waals surface area contributed by atoms with Gasteiger partial charge in [-0.15, -0.1) is 0 Å². The zero-order valence-electron chi connectivity index (χ0n) is 9.61. The molecule has 1 aromatic carbocycles. The van der Waals surface area contributed by atoms with E-state index < -0.39 is 11.9 Å². The van der Waals surface area contributed by atoms with Gasteiger partial charge in [0, 0.05) is 11.6 Å². The van der Waals surface area contributed by atoms with E-state index in [0.717, 1.165) is 11.1 Å². The summed E-state index contributed by atoms with van der Waals surface area (Å²) in [7, 11) is 1.48. The van der Waals surface area contributed by atoms with Gasteiger partial charge in [0.1, 0.15) is 17.7 Å². The van der Waals surface area contributed by atoms with Gasteiger partial charge in [-0.3, -0.25) is 0 Å². The number of thiophene rings is 1. The van der Waals surface area contributed by atoms with E-state index in [0.29, 0.717) is 5.75 Å². The molecule has 0 spiro atoms. The number of methoxy groups -OCH3 is 1. The van der Waals surface area contributed by atoms with Crippen molar-refractivity contribution < 1.29 is 14.2 Å². The maximum absolute atomic E-state index is 13.8. The molecule has 0 saturated heterocycles. The van der Waals surface area contributed by atoms with Crippen LogP contribution in [0.1, 0.15) is 22.8 Å². The molecule has 2 aromatic rings. The van der Waals surface area contributed by atoms with Crippen LogP contribution in [0, 0.1) is 12.7 Å². The Bertz CT molecular complexity index is 522. The molecule has 1 atom stereocenters. The Kier molecular flexibility index (Phi) is 3.45. The summed E-state index contributed by atoms with van der Waals surface area (Å²) >= 11 is 1.50. The van der Waals surface area contributed by atoms with Crippen LogP contribution in [-0.4, -0.2) is 12.2 Å². The Morgan fingerprint density at radius 1 is 1.29 bits per heavy atom. The second kappa shape index (κ2) is 4.85.